The highest BCUT2D eigenvalue weighted by molar-refractivity contribution is 7.91. The van der Waals surface area contributed by atoms with Crippen LogP contribution >= 0.6 is 0 Å². The van der Waals surface area contributed by atoms with Crippen LogP contribution in [0.4, 0.5) is 0 Å². The highest BCUT2D eigenvalue weighted by atomic mass is 32.2. The first-order valence-corrected chi connectivity index (χ1v) is 20.1. The van der Waals surface area contributed by atoms with Gasteiger partial charge in [0.2, 0.25) is 27.7 Å². The van der Waals surface area contributed by atoms with Crippen molar-refractivity contribution < 1.29 is 32.4 Å². The summed E-state index contributed by atoms with van der Waals surface area (Å²) in [5.74, 6) is -2.98. The fourth-order valence-electron chi connectivity index (χ4n) is 7.65. The summed E-state index contributed by atoms with van der Waals surface area (Å²) in [5, 5.41) is 8.16. The van der Waals surface area contributed by atoms with Gasteiger partial charge in [-0.25, -0.2) is 13.4 Å². The van der Waals surface area contributed by atoms with Crippen molar-refractivity contribution in [2.45, 2.75) is 112 Å². The number of rotatable bonds is 3. The zero-order valence-electron chi connectivity index (χ0n) is 29.1. The van der Waals surface area contributed by atoms with E-state index in [1.807, 2.05) is 42.5 Å². The number of amides is 5. The minimum Gasteiger partial charge on any atom is -0.346 e. The van der Waals surface area contributed by atoms with Crippen LogP contribution in [0.15, 0.2) is 54.6 Å². The molecule has 14 heteroatoms. The number of benzene rings is 1. The van der Waals surface area contributed by atoms with E-state index in [-0.39, 0.29) is 37.4 Å². The number of allylic oxidation sites excluding steroid dienone is 1. The number of carbonyl (C=O) groups is 5. The van der Waals surface area contributed by atoms with Crippen LogP contribution in [0.5, 0.6) is 0 Å². The molecule has 0 unspecified atom stereocenters. The SMILES string of the molecule is O=C1CCCCc2cccc(c2)-c2cccc(n2)C(=O)N[C@@H]2C[C@H]3C(=O)N[C@]4(C(=O)NS(=O)(=O)C5CC5)C[C@@H]4/C=C\CCCCC[C@H](N1)C(=O)N3C2. The molecule has 0 spiro atoms. The fourth-order valence-corrected chi connectivity index (χ4v) is 9.02. The molecule has 1 aromatic carbocycles. The maximum Gasteiger partial charge on any atom is 0.270 e. The standard InChI is InChI=1S/C38H46N6O7S/c45-33-17-7-6-10-24-11-8-12-25(20-24)29-15-9-16-30(40-29)34(46)39-27-21-32-35(47)42-38(37(49)43-52(50,51)28-18-19-28)22-26(38)13-4-2-1-3-5-14-31(41-33)36(48)44(32)23-27/h4,8-9,11-13,15-16,20,26-28,31-32H,1-3,5-7,10,14,17-19,21-23H2,(H,39,46)(H,41,45)(H,42,47)(H,43,49)/b13-4-/t26-,27+,31-,32-,38+/m0/s1. The molecule has 13 nitrogen and oxygen atoms in total. The van der Waals surface area contributed by atoms with Crippen LogP contribution in [-0.2, 0) is 35.6 Å². The van der Waals surface area contributed by atoms with Crippen LogP contribution in [0.1, 0.15) is 93.1 Å². The quantitative estimate of drug-likeness (QED) is 0.348. The van der Waals surface area contributed by atoms with Crippen molar-refractivity contribution in [3.8, 4) is 11.3 Å². The van der Waals surface area contributed by atoms with Crippen molar-refractivity contribution in [1.29, 1.82) is 0 Å². The number of pyridine rings is 1. The molecule has 0 radical (unpaired) electrons. The summed E-state index contributed by atoms with van der Waals surface area (Å²) in [6.07, 6.45) is 10.8. The lowest BCUT2D eigenvalue weighted by Crippen LogP contribution is -2.58. The summed E-state index contributed by atoms with van der Waals surface area (Å²) in [4.78, 5) is 75.2. The van der Waals surface area contributed by atoms with Crippen LogP contribution < -0.4 is 20.7 Å². The molecule has 3 aliphatic heterocycles. The molecule has 2 aromatic rings. The van der Waals surface area contributed by atoms with E-state index in [9.17, 15) is 32.4 Å². The number of fused-ring (bicyclic) bond motifs is 8. The molecule has 5 aliphatic rings. The average molecular weight is 731 g/mol. The van der Waals surface area contributed by atoms with E-state index in [2.05, 4.69) is 25.7 Å². The Morgan fingerprint density at radius 3 is 2.52 bits per heavy atom. The van der Waals surface area contributed by atoms with Gasteiger partial charge in [0.1, 0.15) is 23.3 Å². The zero-order valence-corrected chi connectivity index (χ0v) is 30.0. The monoisotopic (exact) mass is 730 g/mol. The van der Waals surface area contributed by atoms with Crippen LogP contribution in [0.3, 0.4) is 0 Å². The number of hydrogen-bond donors (Lipinski definition) is 4. The van der Waals surface area contributed by atoms with Crippen LogP contribution in [-0.4, -0.2) is 83.3 Å². The summed E-state index contributed by atoms with van der Waals surface area (Å²) in [5.41, 5.74) is 1.27. The van der Waals surface area contributed by atoms with Crippen LogP contribution in [0.25, 0.3) is 11.3 Å². The molecule has 2 saturated carbocycles. The van der Waals surface area contributed by atoms with Crippen molar-refractivity contribution in [2.75, 3.05) is 6.54 Å². The topological polar surface area (TPSA) is 184 Å². The Balaban J connectivity index is 1.20. The Labute approximate surface area is 303 Å². The van der Waals surface area contributed by atoms with Crippen molar-refractivity contribution in [1.82, 2.24) is 30.6 Å². The van der Waals surface area contributed by atoms with E-state index in [0.29, 0.717) is 44.2 Å². The molecule has 5 atom stereocenters. The van der Waals surface area contributed by atoms with E-state index in [4.69, 9.17) is 0 Å². The smallest absolute Gasteiger partial charge is 0.270 e. The first kappa shape index (κ1) is 35.8. The third kappa shape index (κ3) is 7.91. The number of carbonyl (C=O) groups excluding carboxylic acids is 5. The predicted molar refractivity (Wildman–Crippen MR) is 192 cm³/mol. The van der Waals surface area contributed by atoms with E-state index < -0.39 is 68.5 Å². The summed E-state index contributed by atoms with van der Waals surface area (Å²) in [6.45, 7) is -0.00461. The van der Waals surface area contributed by atoms with Crippen molar-refractivity contribution in [3.05, 3.63) is 65.9 Å². The maximum atomic E-state index is 14.4. The third-order valence-electron chi connectivity index (χ3n) is 10.9. The second kappa shape index (κ2) is 14.8. The Bertz CT molecular complexity index is 1890. The highest BCUT2D eigenvalue weighted by Gasteiger charge is 2.62. The molecule has 1 saturated heterocycles. The summed E-state index contributed by atoms with van der Waals surface area (Å²) < 4.78 is 27.8. The fraction of sp³-hybridized carbons (Fsp3) is 0.526. The second-order valence-electron chi connectivity index (χ2n) is 14.9. The third-order valence-corrected chi connectivity index (χ3v) is 12.7. The van der Waals surface area contributed by atoms with Gasteiger partial charge >= 0.3 is 0 Å². The highest BCUT2D eigenvalue weighted by Crippen LogP contribution is 2.46. The first-order valence-electron chi connectivity index (χ1n) is 18.5. The molecule has 3 fully saturated rings. The molecule has 4 heterocycles. The van der Waals surface area contributed by atoms with E-state index >= 15 is 0 Å². The normalized spacial score (nSPS) is 29.4. The average Bonchev–Trinajstić information content (AvgIpc) is 4.05. The maximum absolute atomic E-state index is 14.4. The molecule has 4 N–H and O–H groups in total. The largest absolute Gasteiger partial charge is 0.346 e. The number of nitrogens with one attached hydrogen (secondary N) is 4. The summed E-state index contributed by atoms with van der Waals surface area (Å²) in [6, 6.07) is 10.5. The lowest BCUT2D eigenvalue weighted by atomic mass is 10.0. The second-order valence-corrected chi connectivity index (χ2v) is 16.8. The van der Waals surface area contributed by atoms with E-state index in [1.54, 1.807) is 12.1 Å². The molecule has 1 aromatic heterocycles. The first-order chi connectivity index (χ1) is 25.0. The number of nitrogens with zero attached hydrogens (tertiary/aromatic N) is 2. The predicted octanol–water partition coefficient (Wildman–Crippen LogP) is 2.66. The van der Waals surface area contributed by atoms with Gasteiger partial charge in [0.15, 0.2) is 0 Å². The molecular weight excluding hydrogens is 685 g/mol. The van der Waals surface area contributed by atoms with Gasteiger partial charge in [0.25, 0.3) is 11.8 Å². The molecule has 7 rings (SSSR count). The van der Waals surface area contributed by atoms with Gasteiger partial charge in [-0.15, -0.1) is 0 Å². The van der Waals surface area contributed by atoms with E-state index in [0.717, 1.165) is 36.8 Å². The van der Waals surface area contributed by atoms with Crippen LogP contribution in [0, 0.1) is 5.92 Å². The number of aromatic nitrogens is 1. The van der Waals surface area contributed by atoms with Crippen molar-refractivity contribution in [2.24, 2.45) is 5.92 Å². The van der Waals surface area contributed by atoms with Gasteiger partial charge in [-0.1, -0.05) is 49.3 Å². The van der Waals surface area contributed by atoms with Gasteiger partial charge < -0.3 is 20.9 Å². The van der Waals surface area contributed by atoms with Gasteiger partial charge in [-0.3, -0.25) is 28.7 Å². The molecule has 276 valence electrons. The van der Waals surface area contributed by atoms with Crippen LogP contribution in [0.2, 0.25) is 0 Å². The Morgan fingerprint density at radius 2 is 1.69 bits per heavy atom. The Morgan fingerprint density at radius 1 is 0.904 bits per heavy atom. The molecule has 5 amide bonds. The van der Waals surface area contributed by atoms with Gasteiger partial charge in [0.05, 0.1) is 10.9 Å². The van der Waals surface area contributed by atoms with Gasteiger partial charge in [0, 0.05) is 30.5 Å². The molecule has 52 heavy (non-hydrogen) atoms. The Kier molecular flexibility index (Phi) is 10.2. The Hall–Kier alpha value is -4.59. The van der Waals surface area contributed by atoms with Gasteiger partial charge in [-0.2, -0.15) is 0 Å². The lowest BCUT2D eigenvalue weighted by molar-refractivity contribution is -0.142. The van der Waals surface area contributed by atoms with Crippen molar-refractivity contribution in [3.63, 3.8) is 0 Å². The van der Waals surface area contributed by atoms with Gasteiger partial charge in [-0.05, 0) is 88.0 Å². The molecule has 7 bridgehead atoms. The summed E-state index contributed by atoms with van der Waals surface area (Å²) in [7, 11) is -3.88. The minimum atomic E-state index is -3.88. The molecule has 2 aliphatic carbocycles. The number of hydrogen-bond acceptors (Lipinski definition) is 8. The van der Waals surface area contributed by atoms with E-state index in [1.165, 1.54) is 4.90 Å². The van der Waals surface area contributed by atoms with Crippen molar-refractivity contribution >= 4 is 39.6 Å². The molecular formula is C38H46N6O7S. The number of sulfonamides is 1. The summed E-state index contributed by atoms with van der Waals surface area (Å²) >= 11 is 0. The number of aryl methyl sites for hydroxylation is 1. The zero-order chi connectivity index (χ0) is 36.5. The lowest BCUT2D eigenvalue weighted by Gasteiger charge is -2.30. The minimum absolute atomic E-state index is 0.00461.